The minimum Gasteiger partial charge on any atom is -0.487 e. The zero-order valence-corrected chi connectivity index (χ0v) is 17.7. The summed E-state index contributed by atoms with van der Waals surface area (Å²) < 4.78 is 7.30. The van der Waals surface area contributed by atoms with Crippen molar-refractivity contribution in [2.45, 2.75) is 39.2 Å². The van der Waals surface area contributed by atoms with E-state index in [1.165, 1.54) is 56.8 Å². The van der Waals surface area contributed by atoms with E-state index in [1.54, 1.807) is 5.56 Å². The van der Waals surface area contributed by atoms with Gasteiger partial charge in [0.25, 0.3) is 0 Å². The molecule has 3 aromatic carbocycles. The smallest absolute Gasteiger partial charge is 0.141 e. The molecule has 0 saturated carbocycles. The maximum absolute atomic E-state index is 6.28. The Kier molecular flexibility index (Phi) is 4.60. The van der Waals surface area contributed by atoms with E-state index in [1.807, 2.05) is 6.07 Å². The summed E-state index contributed by atoms with van der Waals surface area (Å²) in [6.45, 7) is 2.87. The lowest BCUT2D eigenvalue weighted by atomic mass is 9.86. The Morgan fingerprint density at radius 1 is 0.857 bits per heavy atom. The van der Waals surface area contributed by atoms with Gasteiger partial charge in [-0.25, -0.2) is 0 Å². The Hall–Kier alpha value is -2.32. The molecule has 0 aliphatic heterocycles. The van der Waals surface area contributed by atoms with Gasteiger partial charge in [0.1, 0.15) is 12.4 Å². The molecule has 3 aromatic rings. The van der Waals surface area contributed by atoms with Crippen molar-refractivity contribution in [3.05, 3.63) is 96.6 Å². The number of hydrogen-bond donors (Lipinski definition) is 0. The Bertz CT molecular complexity index is 1270. The molecule has 0 aromatic heterocycles. The first-order valence-corrected chi connectivity index (χ1v) is 10.8. The predicted molar refractivity (Wildman–Crippen MR) is 118 cm³/mol. The van der Waals surface area contributed by atoms with Crippen LogP contribution in [-0.2, 0) is 19.4 Å². The molecule has 0 fully saturated rings. The van der Waals surface area contributed by atoms with Gasteiger partial charge in [-0.1, -0.05) is 60.2 Å². The molecule has 0 radical (unpaired) electrons. The maximum Gasteiger partial charge on any atom is 0.141 e. The summed E-state index contributed by atoms with van der Waals surface area (Å²) in [5.41, 5.74) is 5.80. The molecule has 0 bridgehead atoms. The number of hydrogen-bond acceptors (Lipinski definition) is 1. The molecule has 0 amide bonds. The summed E-state index contributed by atoms with van der Waals surface area (Å²) in [4.78, 5) is 0. The van der Waals surface area contributed by atoms with Gasteiger partial charge in [0.2, 0.25) is 0 Å². The zero-order valence-electron chi connectivity index (χ0n) is 16.1. The van der Waals surface area contributed by atoms with E-state index in [0.717, 1.165) is 16.6 Å². The van der Waals surface area contributed by atoms with Crippen molar-refractivity contribution in [3.8, 4) is 5.75 Å². The van der Waals surface area contributed by atoms with Crippen LogP contribution in [0.3, 0.4) is 0 Å². The number of rotatable bonds is 3. The zero-order chi connectivity index (χ0) is 19.1. The normalized spacial score (nSPS) is 14.6. The molecule has 0 heterocycles. The molecular formula is C26H23BrO. The van der Waals surface area contributed by atoms with Gasteiger partial charge in [0, 0.05) is 5.22 Å². The quantitative estimate of drug-likeness (QED) is 0.557. The summed E-state index contributed by atoms with van der Waals surface area (Å²) in [6, 6.07) is 19.4. The average Bonchev–Trinajstić information content (AvgIpc) is 2.73. The number of ether oxygens (including phenoxy) is 1. The Morgan fingerprint density at radius 2 is 1.64 bits per heavy atom. The fourth-order valence-corrected chi connectivity index (χ4v) is 5.08. The van der Waals surface area contributed by atoms with Crippen molar-refractivity contribution in [2.24, 2.45) is 0 Å². The van der Waals surface area contributed by atoms with Gasteiger partial charge in [0.05, 0.1) is 4.47 Å². The summed E-state index contributed by atoms with van der Waals surface area (Å²) in [5.74, 6) is 0.951. The van der Waals surface area contributed by atoms with Gasteiger partial charge >= 0.3 is 0 Å². The van der Waals surface area contributed by atoms with Crippen molar-refractivity contribution in [1.82, 2.24) is 0 Å². The molecule has 28 heavy (non-hydrogen) atoms. The first-order chi connectivity index (χ1) is 13.7. The first-order valence-electron chi connectivity index (χ1n) is 10.0. The molecule has 5 rings (SSSR count). The third-order valence-corrected chi connectivity index (χ3v) is 6.67. The summed E-state index contributed by atoms with van der Waals surface area (Å²) >= 11 is 3.71. The van der Waals surface area contributed by atoms with Gasteiger partial charge in [-0.3, -0.25) is 0 Å². The van der Waals surface area contributed by atoms with Crippen LogP contribution >= 0.6 is 15.9 Å². The van der Waals surface area contributed by atoms with Crippen molar-refractivity contribution in [3.63, 3.8) is 0 Å². The maximum atomic E-state index is 6.28. The highest BCUT2D eigenvalue weighted by atomic mass is 79.9. The van der Waals surface area contributed by atoms with Crippen LogP contribution in [0, 0.1) is 10.4 Å². The number of benzene rings is 3. The van der Waals surface area contributed by atoms with Crippen LogP contribution in [0.25, 0.3) is 11.6 Å². The van der Waals surface area contributed by atoms with Crippen molar-refractivity contribution < 1.29 is 4.74 Å². The molecule has 140 valence electrons. The highest BCUT2D eigenvalue weighted by molar-refractivity contribution is 9.10. The standard InChI is InChI=1S/C26H23BrO/c1-17-6-5-9-20-19(17)10-11-22-21(20)12-13-24-23(22)14-15-25(27)26(24)28-16-18-7-3-2-4-8-18/h2-4,7-8,10-11,13-15H,5-6,9,12,16H2,1H3. The van der Waals surface area contributed by atoms with E-state index in [2.05, 4.69) is 77.5 Å². The van der Waals surface area contributed by atoms with E-state index in [0.29, 0.717) is 6.61 Å². The van der Waals surface area contributed by atoms with E-state index < -0.39 is 0 Å². The van der Waals surface area contributed by atoms with Gasteiger partial charge in [0.15, 0.2) is 0 Å². The molecule has 0 spiro atoms. The number of fused-ring (bicyclic) bond motifs is 4. The molecule has 0 N–H and O–H groups in total. The molecule has 0 saturated heterocycles. The van der Waals surface area contributed by atoms with Gasteiger partial charge in [-0.2, -0.15) is 0 Å². The summed E-state index contributed by atoms with van der Waals surface area (Å²) in [7, 11) is 0. The largest absolute Gasteiger partial charge is 0.487 e. The third kappa shape index (κ3) is 3.00. The Morgan fingerprint density at radius 3 is 2.50 bits per heavy atom. The van der Waals surface area contributed by atoms with Crippen molar-refractivity contribution >= 4 is 27.6 Å². The van der Waals surface area contributed by atoms with Crippen molar-refractivity contribution in [1.29, 1.82) is 0 Å². The van der Waals surface area contributed by atoms with Crippen LogP contribution in [0.15, 0.2) is 59.1 Å². The minimum atomic E-state index is 0.578. The molecule has 2 aliphatic carbocycles. The summed E-state index contributed by atoms with van der Waals surface area (Å²) in [5, 5.41) is 5.37. The topological polar surface area (TPSA) is 9.23 Å². The van der Waals surface area contributed by atoms with Gasteiger partial charge in [-0.05, 0) is 86.9 Å². The van der Waals surface area contributed by atoms with Crippen LogP contribution in [0.1, 0.15) is 36.5 Å². The lowest BCUT2D eigenvalue weighted by Crippen LogP contribution is -2.22. The fourth-order valence-electron chi connectivity index (χ4n) is 4.62. The second-order valence-corrected chi connectivity index (χ2v) is 8.63. The molecule has 2 aliphatic rings. The van der Waals surface area contributed by atoms with E-state index >= 15 is 0 Å². The Balaban J connectivity index is 1.70. The van der Waals surface area contributed by atoms with Crippen LogP contribution in [0.2, 0.25) is 0 Å². The van der Waals surface area contributed by atoms with Crippen LogP contribution in [-0.4, -0.2) is 0 Å². The lowest BCUT2D eigenvalue weighted by molar-refractivity contribution is 0.301. The molecule has 0 unspecified atom stereocenters. The van der Waals surface area contributed by atoms with Crippen molar-refractivity contribution in [2.75, 3.05) is 0 Å². The minimum absolute atomic E-state index is 0.578. The van der Waals surface area contributed by atoms with Crippen LogP contribution in [0.5, 0.6) is 5.75 Å². The second kappa shape index (κ2) is 7.25. The molecular weight excluding hydrogens is 408 g/mol. The highest BCUT2D eigenvalue weighted by Crippen LogP contribution is 2.25. The molecule has 2 heteroatoms. The number of halogens is 1. The van der Waals surface area contributed by atoms with Crippen LogP contribution < -0.4 is 15.2 Å². The van der Waals surface area contributed by atoms with E-state index in [9.17, 15) is 0 Å². The lowest BCUT2D eigenvalue weighted by Gasteiger charge is -2.19. The Labute approximate surface area is 173 Å². The molecule has 1 nitrogen and oxygen atoms in total. The third-order valence-electron chi connectivity index (χ3n) is 6.04. The van der Waals surface area contributed by atoms with E-state index in [4.69, 9.17) is 4.74 Å². The SMILES string of the molecule is CC1=c2ccc3c(c2CCC1)CC=c1c(OCc2ccccc2)c(Br)ccc1=3. The fraction of sp³-hybridized carbons (Fsp3) is 0.231. The van der Waals surface area contributed by atoms with Crippen LogP contribution in [0.4, 0.5) is 0 Å². The summed E-state index contributed by atoms with van der Waals surface area (Å²) in [6.07, 6.45) is 7.04. The van der Waals surface area contributed by atoms with Gasteiger partial charge < -0.3 is 4.74 Å². The molecule has 0 atom stereocenters. The highest BCUT2D eigenvalue weighted by Gasteiger charge is 2.15. The predicted octanol–water partition coefficient (Wildman–Crippen LogP) is 5.16. The van der Waals surface area contributed by atoms with Gasteiger partial charge in [-0.15, -0.1) is 0 Å². The monoisotopic (exact) mass is 430 g/mol. The first kappa shape index (κ1) is 17.8. The average molecular weight is 431 g/mol. The second-order valence-electron chi connectivity index (χ2n) is 7.77. The van der Waals surface area contributed by atoms with E-state index in [-0.39, 0.29) is 0 Å².